The molecule has 2 N–H and O–H groups in total. The lowest BCUT2D eigenvalue weighted by Crippen LogP contribution is -2.46. The standard InChI is InChI=1S/C20H13Cl2F6N7O3/c1-34(16-10(22)3-8(6-31-16)20(26,27)28)35-17(36)13-14(33-38-15(13)18(35)37)12(32-29)4-11-9(21)2-7(5-30-11)19(23,24)25/h2-3,5-6,13,15H,4,29H2,1H3/b32-12-. The largest absolute Gasteiger partial charge is 0.417 e. The van der Waals surface area contributed by atoms with Crippen molar-refractivity contribution < 1.29 is 40.8 Å². The number of hydrazone groups is 1. The molecule has 1 fully saturated rings. The Balaban J connectivity index is 1.58. The fourth-order valence-corrected chi connectivity index (χ4v) is 4.25. The van der Waals surface area contributed by atoms with E-state index in [4.69, 9.17) is 33.9 Å². The molecule has 202 valence electrons. The zero-order chi connectivity index (χ0) is 28.2. The maximum absolute atomic E-state index is 13.2. The molecular formula is C20H13Cl2F6N7O3. The summed E-state index contributed by atoms with van der Waals surface area (Å²) >= 11 is 11.9. The molecular weight excluding hydrogens is 571 g/mol. The highest BCUT2D eigenvalue weighted by molar-refractivity contribution is 6.48. The number of carbonyl (C=O) groups excluding carboxylic acids is 2. The molecule has 0 spiro atoms. The van der Waals surface area contributed by atoms with Gasteiger partial charge in [-0.1, -0.05) is 28.4 Å². The van der Waals surface area contributed by atoms with Gasteiger partial charge in [-0.2, -0.15) is 36.5 Å². The average molecular weight is 584 g/mol. The number of imide groups is 1. The number of carbonyl (C=O) groups is 2. The van der Waals surface area contributed by atoms with E-state index in [1.165, 1.54) is 7.05 Å². The number of hydrazine groups is 1. The molecule has 4 heterocycles. The maximum atomic E-state index is 13.2. The van der Waals surface area contributed by atoms with Crippen LogP contribution in [0, 0.1) is 5.92 Å². The molecule has 0 radical (unpaired) electrons. The van der Waals surface area contributed by atoms with E-state index in [2.05, 4.69) is 20.2 Å². The minimum absolute atomic E-state index is 0.0819. The van der Waals surface area contributed by atoms with Crippen molar-refractivity contribution in [3.8, 4) is 0 Å². The Bertz CT molecular complexity index is 1380. The predicted octanol–water partition coefficient (Wildman–Crippen LogP) is 3.47. The number of hydrogen-bond donors (Lipinski definition) is 1. The van der Waals surface area contributed by atoms with Crippen molar-refractivity contribution >= 4 is 52.3 Å². The van der Waals surface area contributed by atoms with Crippen molar-refractivity contribution in [1.29, 1.82) is 0 Å². The SMILES string of the molecule is CN(c1ncc(C(F)(F)F)cc1Cl)N1C(=O)C2ON=C(/C(Cc3ncc(C(F)(F)F)cc3Cl)=N\N)C2C1=O. The van der Waals surface area contributed by atoms with Gasteiger partial charge in [-0.05, 0) is 12.1 Å². The van der Waals surface area contributed by atoms with Crippen LogP contribution in [0.3, 0.4) is 0 Å². The van der Waals surface area contributed by atoms with Crippen LogP contribution in [-0.2, 0) is 33.2 Å². The molecule has 2 atom stereocenters. The number of pyridine rings is 2. The Kier molecular flexibility index (Phi) is 6.90. The Morgan fingerprint density at radius 3 is 2.16 bits per heavy atom. The molecule has 0 saturated carbocycles. The highest BCUT2D eigenvalue weighted by Crippen LogP contribution is 2.37. The Hall–Kier alpha value is -3.66. The van der Waals surface area contributed by atoms with Crippen molar-refractivity contribution in [1.82, 2.24) is 15.0 Å². The number of amides is 2. The van der Waals surface area contributed by atoms with Gasteiger partial charge in [0.15, 0.2) is 5.82 Å². The summed E-state index contributed by atoms with van der Waals surface area (Å²) < 4.78 is 77.5. The van der Waals surface area contributed by atoms with Crippen LogP contribution < -0.4 is 10.9 Å². The molecule has 0 aromatic carbocycles. The van der Waals surface area contributed by atoms with E-state index in [9.17, 15) is 35.9 Å². The highest BCUT2D eigenvalue weighted by atomic mass is 35.5. The van der Waals surface area contributed by atoms with Crippen LogP contribution in [0.1, 0.15) is 16.8 Å². The summed E-state index contributed by atoms with van der Waals surface area (Å²) in [6.45, 7) is 0. The summed E-state index contributed by atoms with van der Waals surface area (Å²) in [5.41, 5.74) is -2.70. The van der Waals surface area contributed by atoms with E-state index < -0.39 is 52.3 Å². The second kappa shape index (κ2) is 9.58. The average Bonchev–Trinajstić information content (AvgIpc) is 3.36. The minimum atomic E-state index is -4.73. The first-order valence-electron chi connectivity index (χ1n) is 10.2. The molecule has 2 unspecified atom stereocenters. The third-order valence-electron chi connectivity index (χ3n) is 5.58. The molecule has 38 heavy (non-hydrogen) atoms. The smallest absolute Gasteiger partial charge is 0.381 e. The lowest BCUT2D eigenvalue weighted by Gasteiger charge is -2.28. The summed E-state index contributed by atoms with van der Waals surface area (Å²) in [7, 11) is 1.17. The maximum Gasteiger partial charge on any atom is 0.417 e. The van der Waals surface area contributed by atoms with Gasteiger partial charge in [0, 0.05) is 25.9 Å². The molecule has 0 bridgehead atoms. The first-order valence-corrected chi connectivity index (χ1v) is 11.0. The number of nitrogens with zero attached hydrogens (tertiary/aromatic N) is 6. The van der Waals surface area contributed by atoms with Crippen LogP contribution in [0.2, 0.25) is 10.0 Å². The molecule has 4 rings (SSSR count). The highest BCUT2D eigenvalue weighted by Gasteiger charge is 2.58. The van der Waals surface area contributed by atoms with E-state index in [1.807, 2.05) is 0 Å². The number of anilines is 1. The van der Waals surface area contributed by atoms with Crippen LogP contribution in [0.25, 0.3) is 0 Å². The quantitative estimate of drug-likeness (QED) is 0.188. The summed E-state index contributed by atoms with van der Waals surface area (Å²) in [5.74, 6) is 1.82. The van der Waals surface area contributed by atoms with E-state index in [0.717, 1.165) is 5.01 Å². The predicted molar refractivity (Wildman–Crippen MR) is 120 cm³/mol. The van der Waals surface area contributed by atoms with E-state index in [0.29, 0.717) is 29.5 Å². The zero-order valence-corrected chi connectivity index (χ0v) is 20.2. The second-order valence-electron chi connectivity index (χ2n) is 7.92. The Labute approximate surface area is 218 Å². The van der Waals surface area contributed by atoms with Gasteiger partial charge in [0.25, 0.3) is 11.8 Å². The van der Waals surface area contributed by atoms with Gasteiger partial charge in [-0.15, -0.1) is 0 Å². The molecule has 0 aliphatic carbocycles. The first kappa shape index (κ1) is 27.4. The van der Waals surface area contributed by atoms with Crippen molar-refractivity contribution in [2.75, 3.05) is 12.1 Å². The zero-order valence-electron chi connectivity index (χ0n) is 18.7. The van der Waals surface area contributed by atoms with Crippen LogP contribution in [-0.4, -0.2) is 51.4 Å². The van der Waals surface area contributed by atoms with Gasteiger partial charge in [0.1, 0.15) is 11.6 Å². The number of alkyl halides is 6. The molecule has 1 saturated heterocycles. The fourth-order valence-electron chi connectivity index (χ4n) is 3.73. The van der Waals surface area contributed by atoms with Crippen molar-refractivity contribution in [3.63, 3.8) is 0 Å². The van der Waals surface area contributed by atoms with E-state index in [-0.39, 0.29) is 34.4 Å². The molecule has 18 heteroatoms. The lowest BCUT2D eigenvalue weighted by molar-refractivity contribution is -0.143. The number of aromatic nitrogens is 2. The van der Waals surface area contributed by atoms with Gasteiger partial charge < -0.3 is 10.7 Å². The molecule has 10 nitrogen and oxygen atoms in total. The van der Waals surface area contributed by atoms with E-state index in [1.54, 1.807) is 0 Å². The van der Waals surface area contributed by atoms with Crippen molar-refractivity contribution in [2.24, 2.45) is 22.0 Å². The van der Waals surface area contributed by atoms with Crippen molar-refractivity contribution in [2.45, 2.75) is 24.9 Å². The number of fused-ring (bicyclic) bond motifs is 1. The number of rotatable bonds is 5. The van der Waals surface area contributed by atoms with Gasteiger partial charge in [-0.3, -0.25) is 19.6 Å². The first-order chi connectivity index (χ1) is 17.6. The van der Waals surface area contributed by atoms with Gasteiger partial charge in [-0.25, -0.2) is 4.98 Å². The molecule has 2 aromatic rings. The summed E-state index contributed by atoms with van der Waals surface area (Å²) in [5, 5.41) is 7.76. The van der Waals surface area contributed by atoms with Crippen LogP contribution in [0.15, 0.2) is 34.8 Å². The summed E-state index contributed by atoms with van der Waals surface area (Å²) in [6.07, 6.45) is -10.2. The monoisotopic (exact) mass is 583 g/mol. The molecule has 2 amide bonds. The number of halogens is 8. The third-order valence-corrected chi connectivity index (χ3v) is 6.18. The number of hydrogen-bond acceptors (Lipinski definition) is 9. The topological polar surface area (TPSA) is 126 Å². The summed E-state index contributed by atoms with van der Waals surface area (Å²) in [4.78, 5) is 38.6. The number of nitrogens with two attached hydrogens (primary N) is 1. The van der Waals surface area contributed by atoms with Crippen LogP contribution >= 0.6 is 23.2 Å². The third kappa shape index (κ3) is 4.80. The molecule has 2 aliphatic heterocycles. The number of oxime groups is 1. The van der Waals surface area contributed by atoms with E-state index >= 15 is 0 Å². The minimum Gasteiger partial charge on any atom is -0.381 e. The lowest BCUT2D eigenvalue weighted by atomic mass is 9.94. The molecule has 2 aliphatic rings. The van der Waals surface area contributed by atoms with Gasteiger partial charge in [0.05, 0.1) is 32.6 Å². The van der Waals surface area contributed by atoms with Crippen LogP contribution in [0.5, 0.6) is 0 Å². The summed E-state index contributed by atoms with van der Waals surface area (Å²) in [6, 6.07) is 1.23. The van der Waals surface area contributed by atoms with Gasteiger partial charge >= 0.3 is 12.4 Å². The Morgan fingerprint density at radius 1 is 1.05 bits per heavy atom. The fraction of sp³-hybridized carbons (Fsp3) is 0.300. The van der Waals surface area contributed by atoms with Crippen LogP contribution in [0.4, 0.5) is 32.2 Å². The second-order valence-corrected chi connectivity index (χ2v) is 8.74. The Morgan fingerprint density at radius 2 is 1.63 bits per heavy atom. The molecule has 2 aromatic heterocycles. The van der Waals surface area contributed by atoms with Gasteiger partial charge in [0.2, 0.25) is 6.10 Å². The van der Waals surface area contributed by atoms with Crippen molar-refractivity contribution in [3.05, 3.63) is 51.4 Å². The normalized spacial score (nSPS) is 20.0.